The van der Waals surface area contributed by atoms with Gasteiger partial charge in [-0.15, -0.1) is 0 Å². The number of hydrogen-bond acceptors (Lipinski definition) is 2. The molecule has 0 fully saturated rings. The summed E-state index contributed by atoms with van der Waals surface area (Å²) in [6.07, 6.45) is 4.44. The van der Waals surface area contributed by atoms with Gasteiger partial charge in [-0.2, -0.15) is 0 Å². The van der Waals surface area contributed by atoms with Crippen molar-refractivity contribution in [1.82, 2.24) is 14.9 Å². The van der Waals surface area contributed by atoms with Crippen molar-refractivity contribution in [2.45, 2.75) is 13.0 Å². The van der Waals surface area contributed by atoms with Gasteiger partial charge in [0.05, 0.1) is 6.33 Å². The van der Waals surface area contributed by atoms with Crippen LogP contribution in [0.2, 0.25) is 0 Å². The lowest BCUT2D eigenvalue weighted by atomic mass is 10.0. The number of hydrogen-bond donors (Lipinski definition) is 1. The molecule has 0 saturated carbocycles. The van der Waals surface area contributed by atoms with Crippen LogP contribution in [0.3, 0.4) is 0 Å². The molecular formula is C25H23N3O. The first-order valence-electron chi connectivity index (χ1n) is 9.76. The Morgan fingerprint density at radius 1 is 0.828 bits per heavy atom. The third-order valence-corrected chi connectivity index (χ3v) is 4.92. The summed E-state index contributed by atoms with van der Waals surface area (Å²) in [5.74, 6) is -0.0567. The zero-order valence-electron chi connectivity index (χ0n) is 16.2. The number of nitrogens with one attached hydrogen (secondary N) is 1. The number of carbonyl (C=O) groups excluding carboxylic acids is 1. The Bertz CT molecular complexity index is 1050. The zero-order chi connectivity index (χ0) is 19.9. The highest BCUT2D eigenvalue weighted by molar-refractivity contribution is 5.94. The average molecular weight is 381 g/mol. The van der Waals surface area contributed by atoms with E-state index in [-0.39, 0.29) is 5.91 Å². The van der Waals surface area contributed by atoms with Gasteiger partial charge in [0.15, 0.2) is 0 Å². The Morgan fingerprint density at radius 3 is 2.21 bits per heavy atom. The van der Waals surface area contributed by atoms with E-state index < -0.39 is 0 Å². The maximum absolute atomic E-state index is 12.5. The summed E-state index contributed by atoms with van der Waals surface area (Å²) >= 11 is 0. The van der Waals surface area contributed by atoms with E-state index in [0.717, 1.165) is 29.8 Å². The third kappa shape index (κ3) is 4.79. The van der Waals surface area contributed by atoms with Gasteiger partial charge in [0.1, 0.15) is 0 Å². The van der Waals surface area contributed by atoms with Crippen LogP contribution >= 0.6 is 0 Å². The standard InChI is InChI=1S/C25H23N3O/c29-25(23-13-11-22(12-14-23)21-9-5-2-6-10-21)27-16-15-24-17-26-19-28(24)18-20-7-3-1-4-8-20/h1-14,17,19H,15-16,18H2,(H,27,29). The first kappa shape index (κ1) is 18.7. The van der Waals surface area contributed by atoms with Crippen molar-refractivity contribution in [1.29, 1.82) is 0 Å². The number of nitrogens with zero attached hydrogens (tertiary/aromatic N) is 2. The number of benzene rings is 3. The van der Waals surface area contributed by atoms with Crippen molar-refractivity contribution in [3.63, 3.8) is 0 Å². The maximum atomic E-state index is 12.5. The Kier molecular flexibility index (Phi) is 5.81. The summed E-state index contributed by atoms with van der Waals surface area (Å²) in [7, 11) is 0. The molecule has 0 saturated heterocycles. The smallest absolute Gasteiger partial charge is 0.251 e. The molecule has 29 heavy (non-hydrogen) atoms. The second kappa shape index (κ2) is 9.02. The third-order valence-electron chi connectivity index (χ3n) is 4.92. The number of imidazole rings is 1. The van der Waals surface area contributed by atoms with E-state index in [0.29, 0.717) is 12.1 Å². The minimum atomic E-state index is -0.0567. The predicted octanol–water partition coefficient (Wildman–Crippen LogP) is 4.57. The minimum absolute atomic E-state index is 0.0567. The van der Waals surface area contributed by atoms with E-state index >= 15 is 0 Å². The fourth-order valence-corrected chi connectivity index (χ4v) is 3.33. The van der Waals surface area contributed by atoms with Crippen LogP contribution in [-0.4, -0.2) is 22.0 Å². The Labute approximate surface area is 170 Å². The molecule has 1 heterocycles. The Hall–Kier alpha value is -3.66. The maximum Gasteiger partial charge on any atom is 0.251 e. The monoisotopic (exact) mass is 381 g/mol. The average Bonchev–Trinajstić information content (AvgIpc) is 3.22. The topological polar surface area (TPSA) is 46.9 Å². The first-order chi connectivity index (χ1) is 14.3. The van der Waals surface area contributed by atoms with E-state index in [1.807, 2.05) is 73.2 Å². The van der Waals surface area contributed by atoms with Crippen LogP contribution in [-0.2, 0) is 13.0 Å². The van der Waals surface area contributed by atoms with Crippen LogP contribution < -0.4 is 5.32 Å². The van der Waals surface area contributed by atoms with Crippen LogP contribution in [0.25, 0.3) is 11.1 Å². The zero-order valence-corrected chi connectivity index (χ0v) is 16.2. The quantitative estimate of drug-likeness (QED) is 0.510. The SMILES string of the molecule is O=C(NCCc1cncn1Cc1ccccc1)c1ccc(-c2ccccc2)cc1. The normalized spacial score (nSPS) is 10.6. The minimum Gasteiger partial charge on any atom is -0.352 e. The molecule has 4 heteroatoms. The van der Waals surface area contributed by atoms with Crippen LogP contribution in [0.4, 0.5) is 0 Å². The molecule has 4 rings (SSSR count). The molecule has 4 nitrogen and oxygen atoms in total. The van der Waals surface area contributed by atoms with Crippen LogP contribution in [0.5, 0.6) is 0 Å². The summed E-state index contributed by atoms with van der Waals surface area (Å²) in [5, 5.41) is 3.01. The molecule has 1 aromatic heterocycles. The molecule has 0 bridgehead atoms. The first-order valence-corrected chi connectivity index (χ1v) is 9.76. The molecule has 4 aromatic rings. The van der Waals surface area contributed by atoms with Gasteiger partial charge in [-0.3, -0.25) is 4.79 Å². The Balaban J connectivity index is 1.32. The lowest BCUT2D eigenvalue weighted by molar-refractivity contribution is 0.0954. The van der Waals surface area contributed by atoms with E-state index in [1.165, 1.54) is 5.56 Å². The number of amides is 1. The van der Waals surface area contributed by atoms with Gasteiger partial charge in [0, 0.05) is 37.0 Å². The molecule has 0 spiro atoms. The predicted molar refractivity (Wildman–Crippen MR) is 116 cm³/mol. The largest absolute Gasteiger partial charge is 0.352 e. The number of carbonyl (C=O) groups is 1. The highest BCUT2D eigenvalue weighted by atomic mass is 16.1. The summed E-state index contributed by atoms with van der Waals surface area (Å²) in [4.78, 5) is 16.7. The van der Waals surface area contributed by atoms with Gasteiger partial charge in [-0.25, -0.2) is 4.98 Å². The number of rotatable bonds is 7. The molecule has 0 aliphatic heterocycles. The lowest BCUT2D eigenvalue weighted by Crippen LogP contribution is -2.26. The van der Waals surface area contributed by atoms with Crippen molar-refractivity contribution in [2.24, 2.45) is 0 Å². The molecular weight excluding hydrogens is 358 g/mol. The summed E-state index contributed by atoms with van der Waals surface area (Å²) in [5.41, 5.74) is 5.25. The molecule has 0 aliphatic carbocycles. The van der Waals surface area contributed by atoms with Crippen molar-refractivity contribution in [3.05, 3.63) is 114 Å². The summed E-state index contributed by atoms with van der Waals surface area (Å²) in [6.45, 7) is 1.35. The molecule has 0 atom stereocenters. The van der Waals surface area contributed by atoms with Crippen molar-refractivity contribution in [3.8, 4) is 11.1 Å². The molecule has 144 valence electrons. The highest BCUT2D eigenvalue weighted by Crippen LogP contribution is 2.19. The van der Waals surface area contributed by atoms with Gasteiger partial charge in [0.2, 0.25) is 0 Å². The summed E-state index contributed by atoms with van der Waals surface area (Å²) in [6, 6.07) is 28.2. The fourth-order valence-electron chi connectivity index (χ4n) is 3.33. The van der Waals surface area contributed by atoms with E-state index in [2.05, 4.69) is 39.1 Å². The van der Waals surface area contributed by atoms with Crippen molar-refractivity contribution >= 4 is 5.91 Å². The summed E-state index contributed by atoms with van der Waals surface area (Å²) < 4.78 is 2.12. The van der Waals surface area contributed by atoms with E-state index in [1.54, 1.807) is 0 Å². The van der Waals surface area contributed by atoms with Crippen LogP contribution in [0, 0.1) is 0 Å². The van der Waals surface area contributed by atoms with E-state index in [4.69, 9.17) is 0 Å². The molecule has 1 amide bonds. The van der Waals surface area contributed by atoms with Crippen molar-refractivity contribution in [2.75, 3.05) is 6.54 Å². The van der Waals surface area contributed by atoms with E-state index in [9.17, 15) is 4.79 Å². The van der Waals surface area contributed by atoms with Gasteiger partial charge >= 0.3 is 0 Å². The Morgan fingerprint density at radius 2 is 1.48 bits per heavy atom. The van der Waals surface area contributed by atoms with Gasteiger partial charge in [-0.05, 0) is 28.8 Å². The fraction of sp³-hybridized carbons (Fsp3) is 0.120. The highest BCUT2D eigenvalue weighted by Gasteiger charge is 2.07. The molecule has 1 N–H and O–H groups in total. The molecule has 0 unspecified atom stereocenters. The molecule has 0 aliphatic rings. The molecule has 0 radical (unpaired) electrons. The molecule has 3 aromatic carbocycles. The van der Waals surface area contributed by atoms with Gasteiger partial charge in [0.25, 0.3) is 5.91 Å². The van der Waals surface area contributed by atoms with Crippen LogP contribution in [0.15, 0.2) is 97.5 Å². The van der Waals surface area contributed by atoms with Crippen molar-refractivity contribution < 1.29 is 4.79 Å². The number of aromatic nitrogens is 2. The van der Waals surface area contributed by atoms with Gasteiger partial charge in [-0.1, -0.05) is 72.8 Å². The second-order valence-corrected chi connectivity index (χ2v) is 6.95. The lowest BCUT2D eigenvalue weighted by Gasteiger charge is -2.10. The second-order valence-electron chi connectivity index (χ2n) is 6.95. The van der Waals surface area contributed by atoms with Crippen LogP contribution in [0.1, 0.15) is 21.6 Å². The van der Waals surface area contributed by atoms with Gasteiger partial charge < -0.3 is 9.88 Å².